The van der Waals surface area contributed by atoms with Crippen LogP contribution in [0.4, 0.5) is 4.39 Å². The second-order valence-corrected chi connectivity index (χ2v) is 3.75. The summed E-state index contributed by atoms with van der Waals surface area (Å²) in [6.45, 7) is 1.90. The summed E-state index contributed by atoms with van der Waals surface area (Å²) >= 11 is 1.51. The first-order chi connectivity index (χ1) is 6.24. The van der Waals surface area contributed by atoms with E-state index < -0.39 is 0 Å². The lowest BCUT2D eigenvalue weighted by atomic mass is 10.2. The zero-order chi connectivity index (χ0) is 9.42. The molecule has 0 spiro atoms. The van der Waals surface area contributed by atoms with E-state index in [4.69, 9.17) is 4.74 Å². The molecule has 0 atom stereocenters. The molecule has 2 rings (SSSR count). The standard InChI is InChI=1S/C10H9FOS/c1-6-5-13-10-8(12-2)4-3-7(11)9(6)10/h3-5H,1-2H3. The molecule has 1 nitrogen and oxygen atoms in total. The maximum Gasteiger partial charge on any atom is 0.136 e. The fraction of sp³-hybridized carbons (Fsp3) is 0.200. The van der Waals surface area contributed by atoms with Crippen LogP contribution in [0.2, 0.25) is 0 Å². The first-order valence-corrected chi connectivity index (χ1v) is 4.82. The molecule has 0 aliphatic heterocycles. The van der Waals surface area contributed by atoms with Crippen molar-refractivity contribution in [3.63, 3.8) is 0 Å². The third-order valence-corrected chi connectivity index (χ3v) is 3.15. The number of thiophene rings is 1. The minimum Gasteiger partial charge on any atom is -0.495 e. The number of fused-ring (bicyclic) bond motifs is 1. The van der Waals surface area contributed by atoms with Crippen LogP contribution in [0.3, 0.4) is 0 Å². The molecule has 3 heteroatoms. The lowest BCUT2D eigenvalue weighted by Crippen LogP contribution is -1.84. The van der Waals surface area contributed by atoms with Crippen LogP contribution in [0.15, 0.2) is 17.5 Å². The summed E-state index contributed by atoms with van der Waals surface area (Å²) in [5.41, 5.74) is 0.969. The zero-order valence-corrected chi connectivity index (χ0v) is 8.24. The van der Waals surface area contributed by atoms with Crippen LogP contribution in [-0.2, 0) is 0 Å². The highest BCUT2D eigenvalue weighted by Gasteiger charge is 2.10. The fourth-order valence-corrected chi connectivity index (χ4v) is 2.45. The molecule has 68 valence electrons. The van der Waals surface area contributed by atoms with Crippen molar-refractivity contribution in [2.75, 3.05) is 7.11 Å². The molecule has 1 aromatic heterocycles. The van der Waals surface area contributed by atoms with Gasteiger partial charge >= 0.3 is 0 Å². The Kier molecular flexibility index (Phi) is 1.96. The Morgan fingerprint density at radius 1 is 1.38 bits per heavy atom. The summed E-state index contributed by atoms with van der Waals surface area (Å²) in [4.78, 5) is 0. The normalized spacial score (nSPS) is 10.7. The summed E-state index contributed by atoms with van der Waals surface area (Å²) in [6.07, 6.45) is 0. The molecule has 0 aliphatic rings. The first kappa shape index (κ1) is 8.51. The number of benzene rings is 1. The molecule has 0 unspecified atom stereocenters. The largest absolute Gasteiger partial charge is 0.495 e. The summed E-state index contributed by atoms with van der Waals surface area (Å²) in [5.74, 6) is 0.573. The third-order valence-electron chi connectivity index (χ3n) is 2.04. The minimum atomic E-state index is -0.172. The van der Waals surface area contributed by atoms with Gasteiger partial charge in [0.25, 0.3) is 0 Å². The lowest BCUT2D eigenvalue weighted by Gasteiger charge is -2.01. The van der Waals surface area contributed by atoms with Crippen LogP contribution < -0.4 is 4.74 Å². The third kappa shape index (κ3) is 1.20. The van der Waals surface area contributed by atoms with Crippen LogP contribution in [-0.4, -0.2) is 7.11 Å². The van der Waals surface area contributed by atoms with Gasteiger partial charge in [-0.1, -0.05) is 0 Å². The van der Waals surface area contributed by atoms with E-state index in [9.17, 15) is 4.39 Å². The molecular weight excluding hydrogens is 187 g/mol. The quantitative estimate of drug-likeness (QED) is 0.679. The summed E-state index contributed by atoms with van der Waals surface area (Å²) in [5, 5.41) is 2.63. The molecule has 1 aromatic carbocycles. The van der Waals surface area contributed by atoms with Gasteiger partial charge in [0.1, 0.15) is 11.6 Å². The van der Waals surface area contributed by atoms with E-state index >= 15 is 0 Å². The van der Waals surface area contributed by atoms with Gasteiger partial charge in [-0.25, -0.2) is 4.39 Å². The zero-order valence-electron chi connectivity index (χ0n) is 7.43. The predicted octanol–water partition coefficient (Wildman–Crippen LogP) is 3.36. The van der Waals surface area contributed by atoms with E-state index in [0.29, 0.717) is 5.39 Å². The molecule has 0 radical (unpaired) electrons. The highest BCUT2D eigenvalue weighted by molar-refractivity contribution is 7.17. The van der Waals surface area contributed by atoms with Gasteiger partial charge in [-0.3, -0.25) is 0 Å². The number of hydrogen-bond donors (Lipinski definition) is 0. The molecule has 0 aliphatic carbocycles. The van der Waals surface area contributed by atoms with Crippen molar-refractivity contribution in [1.29, 1.82) is 0 Å². The van der Waals surface area contributed by atoms with Crippen molar-refractivity contribution < 1.29 is 9.13 Å². The predicted molar refractivity (Wildman–Crippen MR) is 53.1 cm³/mol. The summed E-state index contributed by atoms with van der Waals surface area (Å²) in [6, 6.07) is 3.11. The van der Waals surface area contributed by atoms with Crippen LogP contribution in [0, 0.1) is 12.7 Å². The van der Waals surface area contributed by atoms with E-state index in [-0.39, 0.29) is 5.82 Å². The van der Waals surface area contributed by atoms with Crippen LogP contribution in [0.5, 0.6) is 5.75 Å². The molecular formula is C10H9FOS. The van der Waals surface area contributed by atoms with Gasteiger partial charge in [0.15, 0.2) is 0 Å². The minimum absolute atomic E-state index is 0.172. The Morgan fingerprint density at radius 3 is 2.85 bits per heavy atom. The van der Waals surface area contributed by atoms with Crippen molar-refractivity contribution in [3.05, 3.63) is 28.9 Å². The maximum absolute atomic E-state index is 13.3. The molecule has 13 heavy (non-hydrogen) atoms. The van der Waals surface area contributed by atoms with Crippen molar-refractivity contribution in [1.82, 2.24) is 0 Å². The Hall–Kier alpha value is -1.09. The average Bonchev–Trinajstić information content (AvgIpc) is 2.50. The molecule has 0 saturated heterocycles. The van der Waals surface area contributed by atoms with Crippen LogP contribution in [0.25, 0.3) is 10.1 Å². The molecule has 1 heterocycles. The van der Waals surface area contributed by atoms with Crippen molar-refractivity contribution in [2.45, 2.75) is 6.92 Å². The topological polar surface area (TPSA) is 9.23 Å². The van der Waals surface area contributed by atoms with Crippen molar-refractivity contribution in [3.8, 4) is 5.75 Å². The highest BCUT2D eigenvalue weighted by atomic mass is 32.1. The molecule has 0 bridgehead atoms. The number of rotatable bonds is 1. The molecule has 2 aromatic rings. The van der Waals surface area contributed by atoms with E-state index in [0.717, 1.165) is 16.0 Å². The Balaban J connectivity index is 2.87. The fourth-order valence-electron chi connectivity index (χ4n) is 1.39. The van der Waals surface area contributed by atoms with Gasteiger partial charge in [0, 0.05) is 5.39 Å². The highest BCUT2D eigenvalue weighted by Crippen LogP contribution is 2.34. The molecule has 0 fully saturated rings. The smallest absolute Gasteiger partial charge is 0.136 e. The van der Waals surface area contributed by atoms with Crippen molar-refractivity contribution >= 4 is 21.4 Å². The van der Waals surface area contributed by atoms with Crippen molar-refractivity contribution in [2.24, 2.45) is 0 Å². The Morgan fingerprint density at radius 2 is 2.15 bits per heavy atom. The lowest BCUT2D eigenvalue weighted by molar-refractivity contribution is 0.420. The average molecular weight is 196 g/mol. The number of halogens is 1. The maximum atomic E-state index is 13.3. The van der Waals surface area contributed by atoms with Crippen LogP contribution >= 0.6 is 11.3 Å². The number of hydrogen-bond acceptors (Lipinski definition) is 2. The van der Waals surface area contributed by atoms with E-state index in [1.807, 2.05) is 12.3 Å². The first-order valence-electron chi connectivity index (χ1n) is 3.94. The number of ether oxygens (including phenoxy) is 1. The van der Waals surface area contributed by atoms with E-state index in [1.165, 1.54) is 17.4 Å². The summed E-state index contributed by atoms with van der Waals surface area (Å²) in [7, 11) is 1.60. The van der Waals surface area contributed by atoms with Gasteiger partial charge in [-0.2, -0.15) is 0 Å². The second kappa shape index (κ2) is 3.00. The van der Waals surface area contributed by atoms with Gasteiger partial charge < -0.3 is 4.74 Å². The Bertz CT molecular complexity index is 447. The molecule has 0 saturated carbocycles. The number of methoxy groups -OCH3 is 1. The molecule has 0 amide bonds. The summed E-state index contributed by atoms with van der Waals surface area (Å²) < 4.78 is 19.4. The molecule has 0 N–H and O–H groups in total. The van der Waals surface area contributed by atoms with E-state index in [1.54, 1.807) is 13.2 Å². The SMILES string of the molecule is COc1ccc(F)c2c(C)csc12. The van der Waals surface area contributed by atoms with Gasteiger partial charge in [0.05, 0.1) is 11.8 Å². The van der Waals surface area contributed by atoms with Crippen LogP contribution in [0.1, 0.15) is 5.56 Å². The van der Waals surface area contributed by atoms with Gasteiger partial charge in [0.2, 0.25) is 0 Å². The second-order valence-electron chi connectivity index (χ2n) is 2.87. The van der Waals surface area contributed by atoms with Gasteiger partial charge in [-0.15, -0.1) is 11.3 Å². The van der Waals surface area contributed by atoms with E-state index in [2.05, 4.69) is 0 Å². The van der Waals surface area contributed by atoms with Gasteiger partial charge in [-0.05, 0) is 30.0 Å². The number of aryl methyl sites for hydroxylation is 1. The monoisotopic (exact) mass is 196 g/mol. The Labute approximate surface area is 79.8 Å².